The molecule has 24 heavy (non-hydrogen) atoms. The lowest BCUT2D eigenvalue weighted by atomic mass is 10.0. The summed E-state index contributed by atoms with van der Waals surface area (Å²) < 4.78 is 56.1. The lowest BCUT2D eigenvalue weighted by molar-refractivity contribution is -0.119. The topological polar surface area (TPSA) is 136 Å². The first kappa shape index (κ1) is 18.3. The Kier molecular flexibility index (Phi) is 4.95. The second kappa shape index (κ2) is 6.48. The molecule has 2 rings (SSSR count). The van der Waals surface area contributed by atoms with Crippen LogP contribution in [0, 0.1) is 0 Å². The third-order valence-electron chi connectivity index (χ3n) is 3.34. The molecule has 1 aromatic rings. The van der Waals surface area contributed by atoms with Crippen molar-refractivity contribution in [2.45, 2.75) is 12.8 Å². The van der Waals surface area contributed by atoms with E-state index in [1.165, 1.54) is 12.1 Å². The van der Waals surface area contributed by atoms with Crippen molar-refractivity contribution in [3.63, 3.8) is 0 Å². The first-order chi connectivity index (χ1) is 11.0. The Morgan fingerprint density at radius 1 is 1.29 bits per heavy atom. The van der Waals surface area contributed by atoms with E-state index in [-0.39, 0.29) is 24.5 Å². The van der Waals surface area contributed by atoms with Crippen LogP contribution in [0.5, 0.6) is 5.75 Å². The van der Waals surface area contributed by atoms with Crippen molar-refractivity contribution in [1.82, 2.24) is 0 Å². The standard InChI is InChI=1S/C13H19N3O6S2/c1-23(18,19)15-10-5-6-11(22-8-12(14)17)9-4-3-7-16(13(9)10)24(2,20)21/h5-6,15H,3-4,7-8H2,1-2H3,(H2,14,17). The molecule has 1 aliphatic heterocycles. The van der Waals surface area contributed by atoms with Gasteiger partial charge in [-0.25, -0.2) is 16.8 Å². The zero-order chi connectivity index (χ0) is 18.1. The van der Waals surface area contributed by atoms with Crippen LogP contribution in [0.1, 0.15) is 12.0 Å². The minimum absolute atomic E-state index is 0.143. The van der Waals surface area contributed by atoms with Gasteiger partial charge in [0.05, 0.1) is 23.9 Å². The number of hydrogen-bond donors (Lipinski definition) is 2. The van der Waals surface area contributed by atoms with Crippen LogP contribution in [0.3, 0.4) is 0 Å². The zero-order valence-electron chi connectivity index (χ0n) is 13.3. The molecule has 0 atom stereocenters. The molecule has 0 saturated carbocycles. The fourth-order valence-corrected chi connectivity index (χ4v) is 4.12. The van der Waals surface area contributed by atoms with E-state index >= 15 is 0 Å². The van der Waals surface area contributed by atoms with Crippen molar-refractivity contribution in [2.24, 2.45) is 5.73 Å². The number of sulfonamides is 2. The van der Waals surface area contributed by atoms with Crippen LogP contribution >= 0.6 is 0 Å². The van der Waals surface area contributed by atoms with Crippen molar-refractivity contribution in [3.8, 4) is 5.75 Å². The van der Waals surface area contributed by atoms with Gasteiger partial charge in [0.25, 0.3) is 5.91 Å². The van der Waals surface area contributed by atoms with Crippen molar-refractivity contribution in [3.05, 3.63) is 17.7 Å². The summed E-state index contributed by atoms with van der Waals surface area (Å²) in [6, 6.07) is 2.89. The van der Waals surface area contributed by atoms with Crippen LogP contribution in [0.25, 0.3) is 0 Å². The number of fused-ring (bicyclic) bond motifs is 1. The summed E-state index contributed by atoms with van der Waals surface area (Å²) in [6.45, 7) is -0.131. The molecule has 0 aromatic heterocycles. The van der Waals surface area contributed by atoms with Crippen molar-refractivity contribution in [2.75, 3.05) is 34.7 Å². The highest BCUT2D eigenvalue weighted by Crippen LogP contribution is 2.41. The largest absolute Gasteiger partial charge is 0.483 e. The summed E-state index contributed by atoms with van der Waals surface area (Å²) in [6.07, 6.45) is 3.04. The van der Waals surface area contributed by atoms with E-state index in [2.05, 4.69) is 4.72 Å². The number of nitrogens with one attached hydrogen (secondary N) is 1. The first-order valence-corrected chi connectivity index (χ1v) is 10.8. The van der Waals surface area contributed by atoms with Crippen LogP contribution in [-0.2, 0) is 31.3 Å². The maximum absolute atomic E-state index is 12.1. The third kappa shape index (κ3) is 4.29. The van der Waals surface area contributed by atoms with Gasteiger partial charge in [0, 0.05) is 12.1 Å². The number of carbonyl (C=O) groups is 1. The number of primary amides is 1. The fourth-order valence-electron chi connectivity index (χ4n) is 2.55. The fraction of sp³-hybridized carbons (Fsp3) is 0.462. The Labute approximate surface area is 140 Å². The van der Waals surface area contributed by atoms with E-state index < -0.39 is 26.0 Å². The molecule has 134 valence electrons. The normalized spacial score (nSPS) is 14.8. The van der Waals surface area contributed by atoms with E-state index in [1.807, 2.05) is 0 Å². The smallest absolute Gasteiger partial charge is 0.255 e. The van der Waals surface area contributed by atoms with Gasteiger partial charge in [-0.3, -0.25) is 13.8 Å². The Morgan fingerprint density at radius 3 is 2.50 bits per heavy atom. The summed E-state index contributed by atoms with van der Waals surface area (Å²) >= 11 is 0. The van der Waals surface area contributed by atoms with Gasteiger partial charge in [0.15, 0.2) is 6.61 Å². The molecule has 1 aromatic carbocycles. The minimum atomic E-state index is -3.61. The van der Waals surface area contributed by atoms with Crippen LogP contribution in [-0.4, -0.2) is 48.4 Å². The van der Waals surface area contributed by atoms with Crippen LogP contribution in [0.2, 0.25) is 0 Å². The summed E-state index contributed by atoms with van der Waals surface area (Å²) in [5.41, 5.74) is 5.94. The molecule has 1 amide bonds. The van der Waals surface area contributed by atoms with Gasteiger partial charge in [-0.15, -0.1) is 0 Å². The molecule has 0 fully saturated rings. The number of amides is 1. The molecule has 0 radical (unpaired) electrons. The Hall–Kier alpha value is -2.01. The lowest BCUT2D eigenvalue weighted by Gasteiger charge is -2.32. The molecule has 9 nitrogen and oxygen atoms in total. The molecule has 3 N–H and O–H groups in total. The molecule has 0 aliphatic carbocycles. The van der Waals surface area contributed by atoms with Gasteiger partial charge in [0.2, 0.25) is 20.0 Å². The van der Waals surface area contributed by atoms with E-state index in [0.717, 1.165) is 16.8 Å². The molecular weight excluding hydrogens is 358 g/mol. The number of carbonyl (C=O) groups excluding carboxylic acids is 1. The number of nitrogens with two attached hydrogens (primary N) is 1. The highest BCUT2D eigenvalue weighted by molar-refractivity contribution is 7.92. The SMILES string of the molecule is CS(=O)(=O)Nc1ccc(OCC(N)=O)c2c1N(S(C)(=O)=O)CCC2. The predicted octanol–water partition coefficient (Wildman–Crippen LogP) is -0.366. The van der Waals surface area contributed by atoms with Crippen LogP contribution < -0.4 is 19.5 Å². The number of hydrogen-bond acceptors (Lipinski definition) is 6. The molecule has 1 aliphatic rings. The Morgan fingerprint density at radius 2 is 1.96 bits per heavy atom. The quantitative estimate of drug-likeness (QED) is 0.694. The maximum Gasteiger partial charge on any atom is 0.255 e. The molecular formula is C13H19N3O6S2. The zero-order valence-corrected chi connectivity index (χ0v) is 14.9. The Bertz CT molecular complexity index is 864. The summed E-state index contributed by atoms with van der Waals surface area (Å²) in [5.74, 6) is -0.367. The van der Waals surface area contributed by atoms with Crippen LogP contribution in [0.15, 0.2) is 12.1 Å². The average Bonchev–Trinajstić information content (AvgIpc) is 2.43. The number of benzene rings is 1. The van der Waals surface area contributed by atoms with Crippen LogP contribution in [0.4, 0.5) is 11.4 Å². The first-order valence-electron chi connectivity index (χ1n) is 7.01. The number of rotatable bonds is 6. The van der Waals surface area contributed by atoms with Gasteiger partial charge in [0.1, 0.15) is 5.75 Å². The Balaban J connectivity index is 2.61. The monoisotopic (exact) mass is 377 g/mol. The molecule has 0 bridgehead atoms. The summed E-state index contributed by atoms with van der Waals surface area (Å²) in [5, 5.41) is 0. The average molecular weight is 377 g/mol. The minimum Gasteiger partial charge on any atom is -0.483 e. The van der Waals surface area contributed by atoms with Gasteiger partial charge in [-0.1, -0.05) is 0 Å². The summed E-state index contributed by atoms with van der Waals surface area (Å²) in [4.78, 5) is 10.9. The second-order valence-corrected chi connectivity index (χ2v) is 9.16. The highest BCUT2D eigenvalue weighted by atomic mass is 32.2. The third-order valence-corrected chi connectivity index (χ3v) is 5.10. The van der Waals surface area contributed by atoms with Crippen molar-refractivity contribution in [1.29, 1.82) is 0 Å². The highest BCUT2D eigenvalue weighted by Gasteiger charge is 2.30. The maximum atomic E-state index is 12.1. The van der Waals surface area contributed by atoms with Gasteiger partial charge in [-0.2, -0.15) is 0 Å². The van der Waals surface area contributed by atoms with Crippen molar-refractivity contribution < 1.29 is 26.4 Å². The van der Waals surface area contributed by atoms with E-state index in [9.17, 15) is 21.6 Å². The molecule has 0 unspecified atom stereocenters. The lowest BCUT2D eigenvalue weighted by Crippen LogP contribution is -2.35. The second-order valence-electron chi connectivity index (χ2n) is 5.51. The van der Waals surface area contributed by atoms with Gasteiger partial charge >= 0.3 is 0 Å². The molecule has 11 heteroatoms. The van der Waals surface area contributed by atoms with E-state index in [1.54, 1.807) is 0 Å². The number of nitrogens with zero attached hydrogens (tertiary/aromatic N) is 1. The number of ether oxygens (including phenoxy) is 1. The van der Waals surface area contributed by atoms with E-state index in [4.69, 9.17) is 10.5 Å². The van der Waals surface area contributed by atoms with Crippen molar-refractivity contribution >= 4 is 37.3 Å². The van der Waals surface area contributed by atoms with Gasteiger partial charge in [-0.05, 0) is 25.0 Å². The van der Waals surface area contributed by atoms with E-state index in [0.29, 0.717) is 24.2 Å². The predicted molar refractivity (Wildman–Crippen MR) is 90.1 cm³/mol. The van der Waals surface area contributed by atoms with Gasteiger partial charge < -0.3 is 10.5 Å². The summed E-state index contributed by atoms with van der Waals surface area (Å²) in [7, 11) is -7.22. The number of anilines is 2. The molecule has 0 spiro atoms. The molecule has 1 heterocycles. The molecule has 0 saturated heterocycles.